The lowest BCUT2D eigenvalue weighted by Gasteiger charge is -2.12. The highest BCUT2D eigenvalue weighted by Gasteiger charge is 2.16. The molecule has 24 heavy (non-hydrogen) atoms. The maximum Gasteiger partial charge on any atom is 0.337 e. The van der Waals surface area contributed by atoms with Gasteiger partial charge in [-0.2, -0.15) is 5.26 Å². The van der Waals surface area contributed by atoms with Crippen LogP contribution in [0.3, 0.4) is 0 Å². The Morgan fingerprint density at radius 2 is 1.83 bits per heavy atom. The fourth-order valence-electron chi connectivity index (χ4n) is 1.92. The van der Waals surface area contributed by atoms with Crippen molar-refractivity contribution in [3.05, 3.63) is 57.6 Å². The lowest BCUT2D eigenvalue weighted by atomic mass is 10.2. The van der Waals surface area contributed by atoms with Crippen LogP contribution in [0.15, 0.2) is 36.4 Å². The molecule has 8 heteroatoms. The first kappa shape index (κ1) is 16.8. The molecule has 0 aliphatic rings. The number of methoxy groups -OCH3 is 2. The summed E-state index contributed by atoms with van der Waals surface area (Å²) in [6.45, 7) is 0. The molecule has 0 saturated carbocycles. The van der Waals surface area contributed by atoms with Crippen LogP contribution in [0, 0.1) is 21.4 Å². The van der Waals surface area contributed by atoms with Crippen LogP contribution in [0.5, 0.6) is 17.2 Å². The average Bonchev–Trinajstić information content (AvgIpc) is 2.61. The van der Waals surface area contributed by atoms with Gasteiger partial charge in [0.2, 0.25) is 0 Å². The molecule has 2 aromatic rings. The van der Waals surface area contributed by atoms with Crippen LogP contribution in [0.25, 0.3) is 0 Å². The molecule has 8 nitrogen and oxygen atoms in total. The number of non-ortho nitro benzene ring substituents is 1. The molecule has 0 amide bonds. The van der Waals surface area contributed by atoms with E-state index in [1.165, 1.54) is 44.6 Å². The van der Waals surface area contributed by atoms with Gasteiger partial charge in [0.05, 0.1) is 24.7 Å². The van der Waals surface area contributed by atoms with Gasteiger partial charge in [-0.15, -0.1) is 0 Å². The van der Waals surface area contributed by atoms with E-state index in [1.54, 1.807) is 0 Å². The van der Waals surface area contributed by atoms with Crippen LogP contribution in [-0.4, -0.2) is 25.1 Å². The molecular formula is C16H12N2O6. The van der Waals surface area contributed by atoms with Gasteiger partial charge in [-0.3, -0.25) is 10.1 Å². The van der Waals surface area contributed by atoms with Crippen LogP contribution in [0.2, 0.25) is 0 Å². The van der Waals surface area contributed by atoms with E-state index in [1.807, 2.05) is 6.07 Å². The molecule has 0 saturated heterocycles. The van der Waals surface area contributed by atoms with Gasteiger partial charge in [-0.25, -0.2) is 4.79 Å². The number of hydrogen-bond acceptors (Lipinski definition) is 7. The van der Waals surface area contributed by atoms with Gasteiger partial charge in [-0.05, 0) is 24.3 Å². The smallest absolute Gasteiger partial charge is 0.337 e. The zero-order valence-electron chi connectivity index (χ0n) is 12.8. The van der Waals surface area contributed by atoms with Gasteiger partial charge >= 0.3 is 5.97 Å². The van der Waals surface area contributed by atoms with Crippen molar-refractivity contribution < 1.29 is 23.9 Å². The third kappa shape index (κ3) is 3.41. The Balaban J connectivity index is 2.39. The molecule has 0 aliphatic carbocycles. The first-order valence-corrected chi connectivity index (χ1v) is 6.63. The maximum absolute atomic E-state index is 11.5. The number of nitro benzene ring substituents is 1. The molecule has 0 aliphatic heterocycles. The Morgan fingerprint density at radius 1 is 1.12 bits per heavy atom. The summed E-state index contributed by atoms with van der Waals surface area (Å²) in [4.78, 5) is 21.7. The summed E-state index contributed by atoms with van der Waals surface area (Å²) >= 11 is 0. The number of nitro groups is 1. The molecule has 0 spiro atoms. The van der Waals surface area contributed by atoms with E-state index in [0.717, 1.165) is 6.07 Å². The molecule has 0 aromatic heterocycles. The minimum absolute atomic E-state index is 0.00305. The van der Waals surface area contributed by atoms with Gasteiger partial charge in [-0.1, -0.05) is 0 Å². The molecule has 0 N–H and O–H groups in total. The van der Waals surface area contributed by atoms with Crippen molar-refractivity contribution in [2.24, 2.45) is 0 Å². The largest absolute Gasteiger partial charge is 0.493 e. The minimum Gasteiger partial charge on any atom is -0.493 e. The molecule has 0 atom stereocenters. The standard InChI is InChI=1S/C16H12N2O6/c1-22-15-8-10(16(19)23-2)3-5-14(15)24-13-6-4-12(18(20)21)7-11(13)9-17/h3-8H,1-2H3. The first-order valence-electron chi connectivity index (χ1n) is 6.63. The lowest BCUT2D eigenvalue weighted by Crippen LogP contribution is -2.02. The molecule has 0 radical (unpaired) electrons. The lowest BCUT2D eigenvalue weighted by molar-refractivity contribution is -0.384. The summed E-state index contributed by atoms with van der Waals surface area (Å²) in [6, 6.07) is 9.89. The molecule has 2 rings (SSSR count). The summed E-state index contributed by atoms with van der Waals surface area (Å²) in [6.07, 6.45) is 0. The third-order valence-corrected chi connectivity index (χ3v) is 3.10. The van der Waals surface area contributed by atoms with Crippen molar-refractivity contribution in [1.82, 2.24) is 0 Å². The summed E-state index contributed by atoms with van der Waals surface area (Å²) < 4.78 is 15.4. The molecule has 0 fully saturated rings. The highest BCUT2D eigenvalue weighted by Crippen LogP contribution is 2.35. The molecular weight excluding hydrogens is 316 g/mol. The SMILES string of the molecule is COC(=O)c1ccc(Oc2ccc([N+](=O)[O-])cc2C#N)c(OC)c1. The van der Waals surface area contributed by atoms with Gasteiger partial charge < -0.3 is 14.2 Å². The maximum atomic E-state index is 11.5. The van der Waals surface area contributed by atoms with E-state index in [2.05, 4.69) is 4.74 Å². The fourth-order valence-corrected chi connectivity index (χ4v) is 1.92. The topological polar surface area (TPSA) is 112 Å². The predicted molar refractivity (Wildman–Crippen MR) is 82.2 cm³/mol. The number of nitrogens with zero attached hydrogens (tertiary/aromatic N) is 2. The molecule has 0 bridgehead atoms. The van der Waals surface area contributed by atoms with Crippen molar-refractivity contribution in [3.8, 4) is 23.3 Å². The van der Waals surface area contributed by atoms with Crippen LogP contribution >= 0.6 is 0 Å². The zero-order valence-corrected chi connectivity index (χ0v) is 12.8. The Hall–Kier alpha value is -3.60. The van der Waals surface area contributed by atoms with Crippen LogP contribution in [0.1, 0.15) is 15.9 Å². The Kier molecular flexibility index (Phi) is 4.96. The van der Waals surface area contributed by atoms with Crippen LogP contribution in [-0.2, 0) is 4.74 Å². The quantitative estimate of drug-likeness (QED) is 0.471. The summed E-state index contributed by atoms with van der Waals surface area (Å²) in [7, 11) is 2.65. The van der Waals surface area contributed by atoms with E-state index < -0.39 is 10.9 Å². The second-order valence-corrected chi connectivity index (χ2v) is 4.51. The molecule has 122 valence electrons. The van der Waals surface area contributed by atoms with Crippen LogP contribution in [0.4, 0.5) is 5.69 Å². The second kappa shape index (κ2) is 7.11. The highest BCUT2D eigenvalue weighted by atomic mass is 16.6. The van der Waals surface area contributed by atoms with Crippen molar-refractivity contribution in [3.63, 3.8) is 0 Å². The normalized spacial score (nSPS) is 9.71. The average molecular weight is 328 g/mol. The fraction of sp³-hybridized carbons (Fsp3) is 0.125. The van der Waals surface area contributed by atoms with E-state index in [-0.39, 0.29) is 34.1 Å². The second-order valence-electron chi connectivity index (χ2n) is 4.51. The summed E-state index contributed by atoms with van der Waals surface area (Å²) in [5.74, 6) is 0.0933. The van der Waals surface area contributed by atoms with Crippen molar-refractivity contribution in [2.45, 2.75) is 0 Å². The van der Waals surface area contributed by atoms with Gasteiger partial charge in [0.15, 0.2) is 11.5 Å². The summed E-state index contributed by atoms with van der Waals surface area (Å²) in [5.41, 5.74) is 0.0566. The molecule has 0 unspecified atom stereocenters. The minimum atomic E-state index is -0.601. The molecule has 0 heterocycles. The third-order valence-electron chi connectivity index (χ3n) is 3.10. The van der Waals surface area contributed by atoms with Crippen molar-refractivity contribution >= 4 is 11.7 Å². The monoisotopic (exact) mass is 328 g/mol. The number of carbonyl (C=O) groups is 1. The van der Waals surface area contributed by atoms with E-state index in [9.17, 15) is 14.9 Å². The zero-order chi connectivity index (χ0) is 17.7. The van der Waals surface area contributed by atoms with E-state index >= 15 is 0 Å². The van der Waals surface area contributed by atoms with Gasteiger partial charge in [0.1, 0.15) is 17.4 Å². The number of carbonyl (C=O) groups excluding carboxylic acids is 1. The number of esters is 1. The molecule has 2 aromatic carbocycles. The van der Waals surface area contributed by atoms with Gasteiger partial charge in [0, 0.05) is 12.1 Å². The highest BCUT2D eigenvalue weighted by molar-refractivity contribution is 5.90. The first-order chi connectivity index (χ1) is 11.5. The van der Waals surface area contributed by atoms with E-state index in [0.29, 0.717) is 0 Å². The Labute approximate surface area is 136 Å². The number of benzene rings is 2. The van der Waals surface area contributed by atoms with E-state index in [4.69, 9.17) is 14.7 Å². The summed E-state index contributed by atoms with van der Waals surface area (Å²) in [5, 5.41) is 19.9. The number of hydrogen-bond donors (Lipinski definition) is 0. The Bertz CT molecular complexity index is 841. The van der Waals surface area contributed by atoms with Crippen LogP contribution < -0.4 is 9.47 Å². The number of rotatable bonds is 5. The Morgan fingerprint density at radius 3 is 2.42 bits per heavy atom. The van der Waals surface area contributed by atoms with Crippen molar-refractivity contribution in [1.29, 1.82) is 5.26 Å². The number of ether oxygens (including phenoxy) is 3. The predicted octanol–water partition coefficient (Wildman–Crippen LogP) is 3.05. The van der Waals surface area contributed by atoms with Gasteiger partial charge in [0.25, 0.3) is 5.69 Å². The van der Waals surface area contributed by atoms with Crippen molar-refractivity contribution in [2.75, 3.05) is 14.2 Å². The number of nitriles is 1.